The van der Waals surface area contributed by atoms with Crippen LogP contribution in [0.1, 0.15) is 43.8 Å². The van der Waals surface area contributed by atoms with Crippen LogP contribution in [-0.4, -0.2) is 80.8 Å². The summed E-state index contributed by atoms with van der Waals surface area (Å²) in [6.45, 7) is 14.4. The van der Waals surface area contributed by atoms with E-state index in [0.29, 0.717) is 53.8 Å². The van der Waals surface area contributed by atoms with Gasteiger partial charge in [-0.2, -0.15) is 0 Å². The molecular weight excluding hydrogens is 897 g/mol. The fraction of sp³-hybridized carbons (Fsp3) is 0.391. The van der Waals surface area contributed by atoms with Gasteiger partial charge in [0.1, 0.15) is 22.6 Å². The lowest BCUT2D eigenvalue weighted by atomic mass is 10.0. The van der Waals surface area contributed by atoms with Crippen molar-refractivity contribution in [3.63, 3.8) is 0 Å². The van der Waals surface area contributed by atoms with Crippen LogP contribution in [-0.2, 0) is 30.5 Å². The summed E-state index contributed by atoms with van der Waals surface area (Å²) in [5, 5.41) is 9.10. The summed E-state index contributed by atoms with van der Waals surface area (Å²) in [5.41, 5.74) is 3.20. The van der Waals surface area contributed by atoms with E-state index in [1.807, 2.05) is 60.7 Å². The number of hydrogen-bond acceptors (Lipinski definition) is 11. The number of carbonyl (C=O) groups excluding carboxylic acids is 2. The van der Waals surface area contributed by atoms with Gasteiger partial charge >= 0.3 is 11.9 Å². The molecule has 0 aromatic heterocycles. The average Bonchev–Trinajstić information content (AvgIpc) is 3.21. The zero-order valence-electron chi connectivity index (χ0n) is 36.1. The number of methoxy groups -OCH3 is 2. The second kappa shape index (κ2) is 26.7. The van der Waals surface area contributed by atoms with Gasteiger partial charge in [-0.25, -0.2) is 9.59 Å². The summed E-state index contributed by atoms with van der Waals surface area (Å²) in [6.07, 6.45) is 0.364. The summed E-state index contributed by atoms with van der Waals surface area (Å²) < 4.78 is 33.6. The molecule has 0 unspecified atom stereocenters. The van der Waals surface area contributed by atoms with Crippen LogP contribution in [0.3, 0.4) is 0 Å². The van der Waals surface area contributed by atoms with E-state index in [0.717, 1.165) is 43.0 Å². The first kappa shape index (κ1) is 50.8. The van der Waals surface area contributed by atoms with Gasteiger partial charge in [-0.15, -0.1) is 23.5 Å². The molecule has 0 atom stereocenters. The number of thioether (sulfide) groups is 2. The van der Waals surface area contributed by atoms with Gasteiger partial charge in [0.15, 0.2) is 13.6 Å². The molecule has 0 amide bonds. The molecule has 4 aromatic rings. The Morgan fingerprint density at radius 2 is 1.10 bits per heavy atom. The quantitative estimate of drug-likeness (QED) is 0.0283. The summed E-state index contributed by atoms with van der Waals surface area (Å²) in [7, 11) is 0.458. The smallest absolute Gasteiger partial charge is 0.342 e. The summed E-state index contributed by atoms with van der Waals surface area (Å²) >= 11 is 6.87. The van der Waals surface area contributed by atoms with Crippen molar-refractivity contribution in [1.82, 2.24) is 0 Å². The lowest BCUT2D eigenvalue weighted by molar-refractivity contribution is 0.0427. The minimum atomic E-state index is -1.34. The number of rotatable bonds is 21. The molecule has 0 aliphatic rings. The van der Waals surface area contributed by atoms with Crippen LogP contribution in [0.4, 0.5) is 0 Å². The maximum absolute atomic E-state index is 13.2. The van der Waals surface area contributed by atoms with Gasteiger partial charge in [0.2, 0.25) is 0 Å². The molecule has 0 fully saturated rings. The molecule has 0 saturated heterocycles. The van der Waals surface area contributed by atoms with Crippen molar-refractivity contribution in [3.8, 4) is 23.3 Å². The van der Waals surface area contributed by atoms with Crippen LogP contribution in [0.5, 0.6) is 11.5 Å². The van der Waals surface area contributed by atoms with Crippen molar-refractivity contribution < 1.29 is 43.1 Å². The lowest BCUT2D eigenvalue weighted by Crippen LogP contribution is -2.23. The Bertz CT molecular complexity index is 1990. The molecule has 0 saturated carbocycles. The second-order valence-corrected chi connectivity index (χ2v) is 30.0. The standard InChI is InChI=1S/C25H32O5SSi.C21H27BrO4SSi/c1-28-19-30-23-14-13-20(10-8-9-15-26)22(18-31-21-11-6-5-7-12-21)24(23)25(27)29-16-17-32(2,3)4;1-24-15-26-19-11-10-18(22)17(14-27-16-8-6-5-7-9-16)20(19)21(23)25-12-13-28(2,3)4/h5-7,11-14,26H,9,15-19H2,1-4H3;5-11H,12-15H2,1-4H3. The van der Waals surface area contributed by atoms with Gasteiger partial charge in [-0.1, -0.05) is 103 Å². The Hall–Kier alpha value is -3.53. The van der Waals surface area contributed by atoms with Gasteiger partial charge in [-0.3, -0.25) is 0 Å². The zero-order valence-corrected chi connectivity index (χ0v) is 41.3. The van der Waals surface area contributed by atoms with Gasteiger partial charge in [0, 0.05) is 68.1 Å². The van der Waals surface area contributed by atoms with Crippen LogP contribution >= 0.6 is 39.5 Å². The van der Waals surface area contributed by atoms with E-state index in [1.54, 1.807) is 42.8 Å². The summed E-state index contributed by atoms with van der Waals surface area (Å²) in [6, 6.07) is 29.1. The molecule has 1 N–H and O–H groups in total. The molecule has 4 rings (SSSR count). The highest BCUT2D eigenvalue weighted by Crippen LogP contribution is 2.36. The Morgan fingerprint density at radius 1 is 0.650 bits per heavy atom. The first-order chi connectivity index (χ1) is 28.7. The Kier molecular flexibility index (Phi) is 22.6. The van der Waals surface area contributed by atoms with Crippen LogP contribution in [0.15, 0.2) is 99.2 Å². The molecule has 0 spiro atoms. The van der Waals surface area contributed by atoms with E-state index in [-0.39, 0.29) is 26.2 Å². The SMILES string of the molecule is COCOc1ccc(Br)c(CSc2ccccc2)c1C(=O)OCC[Si](C)(C)C.COCOc1ccc(C#CCCO)c(CSc2ccccc2)c1C(=O)OCC[Si](C)(C)C. The third kappa shape index (κ3) is 18.6. The van der Waals surface area contributed by atoms with Crippen LogP contribution in [0.25, 0.3) is 0 Å². The Labute approximate surface area is 375 Å². The van der Waals surface area contributed by atoms with Gasteiger partial charge < -0.3 is 33.5 Å². The lowest BCUT2D eigenvalue weighted by Gasteiger charge is -2.18. The number of ether oxygens (including phenoxy) is 6. The van der Waals surface area contributed by atoms with Crippen molar-refractivity contribution in [2.75, 3.05) is 47.6 Å². The minimum Gasteiger partial charge on any atom is -0.467 e. The fourth-order valence-electron chi connectivity index (χ4n) is 5.17. The molecule has 14 heteroatoms. The number of halogens is 1. The van der Waals surface area contributed by atoms with E-state index < -0.39 is 22.1 Å². The highest BCUT2D eigenvalue weighted by molar-refractivity contribution is 9.10. The van der Waals surface area contributed by atoms with E-state index in [1.165, 1.54) is 7.11 Å². The maximum atomic E-state index is 13.2. The van der Waals surface area contributed by atoms with Gasteiger partial charge in [-0.05, 0) is 71.7 Å². The molecule has 0 aliphatic carbocycles. The number of aliphatic hydroxyl groups is 1. The van der Waals surface area contributed by atoms with Crippen molar-refractivity contribution in [3.05, 3.63) is 117 Å². The molecule has 0 radical (unpaired) electrons. The highest BCUT2D eigenvalue weighted by atomic mass is 79.9. The third-order valence-corrected chi connectivity index (χ3v) is 14.7. The van der Waals surface area contributed by atoms with E-state index in [9.17, 15) is 9.59 Å². The highest BCUT2D eigenvalue weighted by Gasteiger charge is 2.25. The molecular formula is C46H59BrO9S2Si2. The van der Waals surface area contributed by atoms with Gasteiger partial charge in [0.25, 0.3) is 0 Å². The molecule has 9 nitrogen and oxygen atoms in total. The third-order valence-electron chi connectivity index (χ3n) is 8.45. The number of esters is 2. The molecule has 0 heterocycles. The average molecular weight is 956 g/mol. The van der Waals surface area contributed by atoms with Crippen LogP contribution < -0.4 is 9.47 Å². The van der Waals surface area contributed by atoms with E-state index >= 15 is 0 Å². The molecule has 0 aliphatic heterocycles. The fourth-order valence-corrected chi connectivity index (χ4v) is 9.18. The predicted octanol–water partition coefficient (Wildman–Crippen LogP) is 11.4. The molecule has 0 bridgehead atoms. The Morgan fingerprint density at radius 3 is 1.55 bits per heavy atom. The molecule has 324 valence electrons. The second-order valence-electron chi connectivity index (χ2n) is 15.8. The number of aliphatic hydroxyl groups excluding tert-OH is 1. The molecule has 4 aromatic carbocycles. The number of hydrogen-bond donors (Lipinski definition) is 1. The summed E-state index contributed by atoms with van der Waals surface area (Å²) in [5.74, 6) is 7.33. The normalized spacial score (nSPS) is 11.1. The zero-order chi connectivity index (χ0) is 44.0. The van der Waals surface area contributed by atoms with E-state index in [4.69, 9.17) is 33.5 Å². The van der Waals surface area contributed by atoms with Crippen LogP contribution in [0, 0.1) is 11.8 Å². The van der Waals surface area contributed by atoms with Gasteiger partial charge in [0.05, 0.1) is 19.8 Å². The van der Waals surface area contributed by atoms with Crippen molar-refractivity contribution >= 4 is 67.5 Å². The van der Waals surface area contributed by atoms with Crippen molar-refractivity contribution in [2.45, 2.75) is 79.1 Å². The summed E-state index contributed by atoms with van der Waals surface area (Å²) in [4.78, 5) is 28.4. The van der Waals surface area contributed by atoms with Crippen LogP contribution in [0.2, 0.25) is 51.4 Å². The predicted molar refractivity (Wildman–Crippen MR) is 253 cm³/mol. The Balaban J connectivity index is 0.000000323. The van der Waals surface area contributed by atoms with E-state index in [2.05, 4.69) is 79.2 Å². The molecule has 60 heavy (non-hydrogen) atoms. The van der Waals surface area contributed by atoms with Crippen molar-refractivity contribution in [1.29, 1.82) is 0 Å². The largest absolute Gasteiger partial charge is 0.467 e. The maximum Gasteiger partial charge on any atom is 0.342 e. The first-order valence-corrected chi connectivity index (χ1v) is 29.9. The monoisotopic (exact) mass is 954 g/mol. The minimum absolute atomic E-state index is 0.0122. The number of benzene rings is 4. The number of carbonyl (C=O) groups is 2. The first-order valence-electron chi connectivity index (χ1n) is 19.7. The topological polar surface area (TPSA) is 110 Å². The van der Waals surface area contributed by atoms with Crippen molar-refractivity contribution in [2.24, 2.45) is 0 Å².